The summed E-state index contributed by atoms with van der Waals surface area (Å²) in [5.74, 6) is -0.225. The first-order chi connectivity index (χ1) is 5.74. The number of nitrogens with zero attached hydrogens (tertiary/aromatic N) is 1. The standard InChI is InChI=1S/C8H11FN2O/c1-6(5-12)11-8-7(9)3-2-4-10-8/h2-4,6,12H,5H2,1H3,(H,10,11). The number of nitrogens with one attached hydrogen (secondary N) is 1. The maximum Gasteiger partial charge on any atom is 0.165 e. The van der Waals surface area contributed by atoms with E-state index in [2.05, 4.69) is 10.3 Å². The molecule has 4 heteroatoms. The predicted octanol–water partition coefficient (Wildman–Crippen LogP) is 1.01. The van der Waals surface area contributed by atoms with Gasteiger partial charge in [-0.1, -0.05) is 0 Å². The Kier molecular flexibility index (Phi) is 2.99. The van der Waals surface area contributed by atoms with Crippen LogP contribution in [0.5, 0.6) is 0 Å². The number of aromatic nitrogens is 1. The quantitative estimate of drug-likeness (QED) is 0.711. The third-order valence-electron chi connectivity index (χ3n) is 1.42. The van der Waals surface area contributed by atoms with Crippen LogP contribution in [-0.4, -0.2) is 22.7 Å². The average molecular weight is 170 g/mol. The van der Waals surface area contributed by atoms with Gasteiger partial charge in [0.2, 0.25) is 0 Å². The van der Waals surface area contributed by atoms with E-state index >= 15 is 0 Å². The van der Waals surface area contributed by atoms with Gasteiger partial charge in [0.15, 0.2) is 11.6 Å². The highest BCUT2D eigenvalue weighted by Crippen LogP contribution is 2.09. The van der Waals surface area contributed by atoms with Gasteiger partial charge in [-0.15, -0.1) is 0 Å². The van der Waals surface area contributed by atoms with Gasteiger partial charge in [-0.05, 0) is 19.1 Å². The van der Waals surface area contributed by atoms with Crippen molar-refractivity contribution in [1.29, 1.82) is 0 Å². The second-order valence-electron chi connectivity index (χ2n) is 2.56. The van der Waals surface area contributed by atoms with Gasteiger partial charge in [0.1, 0.15) is 0 Å². The second-order valence-corrected chi connectivity index (χ2v) is 2.56. The lowest BCUT2D eigenvalue weighted by atomic mass is 10.3. The normalized spacial score (nSPS) is 12.6. The van der Waals surface area contributed by atoms with E-state index in [0.29, 0.717) is 0 Å². The summed E-state index contributed by atoms with van der Waals surface area (Å²) in [6.45, 7) is 1.70. The number of halogens is 1. The van der Waals surface area contributed by atoms with Gasteiger partial charge in [0.25, 0.3) is 0 Å². The first kappa shape index (κ1) is 8.93. The first-order valence-electron chi connectivity index (χ1n) is 3.72. The van der Waals surface area contributed by atoms with Crippen molar-refractivity contribution in [3.8, 4) is 0 Å². The number of anilines is 1. The van der Waals surface area contributed by atoms with Crippen LogP contribution in [0, 0.1) is 5.82 Å². The Morgan fingerprint density at radius 3 is 3.08 bits per heavy atom. The highest BCUT2D eigenvalue weighted by Gasteiger charge is 2.04. The van der Waals surface area contributed by atoms with Crippen molar-refractivity contribution in [2.45, 2.75) is 13.0 Å². The largest absolute Gasteiger partial charge is 0.394 e. The van der Waals surface area contributed by atoms with Crippen LogP contribution in [0.25, 0.3) is 0 Å². The minimum absolute atomic E-state index is 0.0456. The Morgan fingerprint density at radius 1 is 1.75 bits per heavy atom. The summed E-state index contributed by atoms with van der Waals surface area (Å²) >= 11 is 0. The van der Waals surface area contributed by atoms with Crippen LogP contribution in [0.1, 0.15) is 6.92 Å². The molecule has 1 atom stereocenters. The Morgan fingerprint density at radius 2 is 2.50 bits per heavy atom. The lowest BCUT2D eigenvalue weighted by Crippen LogP contribution is -2.20. The smallest absolute Gasteiger partial charge is 0.165 e. The molecule has 1 rings (SSSR count). The molecular weight excluding hydrogens is 159 g/mol. The molecule has 0 bridgehead atoms. The zero-order valence-corrected chi connectivity index (χ0v) is 6.79. The Hall–Kier alpha value is -1.16. The Bertz CT molecular complexity index is 255. The molecule has 1 heterocycles. The first-order valence-corrected chi connectivity index (χ1v) is 3.72. The number of hydrogen-bond donors (Lipinski definition) is 2. The van der Waals surface area contributed by atoms with E-state index in [0.717, 1.165) is 0 Å². The van der Waals surface area contributed by atoms with E-state index in [1.54, 1.807) is 6.92 Å². The molecule has 0 spiro atoms. The predicted molar refractivity (Wildman–Crippen MR) is 44.4 cm³/mol. The average Bonchev–Trinajstić information content (AvgIpc) is 2.09. The van der Waals surface area contributed by atoms with Crippen molar-refractivity contribution in [2.24, 2.45) is 0 Å². The summed E-state index contributed by atoms with van der Waals surface area (Å²) < 4.78 is 12.9. The van der Waals surface area contributed by atoms with Gasteiger partial charge in [0.05, 0.1) is 6.61 Å². The van der Waals surface area contributed by atoms with Crippen molar-refractivity contribution in [1.82, 2.24) is 4.98 Å². The van der Waals surface area contributed by atoms with E-state index in [9.17, 15) is 4.39 Å². The third kappa shape index (κ3) is 2.17. The number of aliphatic hydroxyl groups excluding tert-OH is 1. The summed E-state index contributed by atoms with van der Waals surface area (Å²) in [6, 6.07) is 2.65. The van der Waals surface area contributed by atoms with Crippen LogP contribution >= 0.6 is 0 Å². The van der Waals surface area contributed by atoms with Gasteiger partial charge in [-0.2, -0.15) is 0 Å². The molecular formula is C8H11FN2O. The minimum atomic E-state index is -0.405. The van der Waals surface area contributed by atoms with Gasteiger partial charge in [0, 0.05) is 12.2 Å². The molecule has 1 aromatic heterocycles. The topological polar surface area (TPSA) is 45.1 Å². The lowest BCUT2D eigenvalue weighted by Gasteiger charge is -2.11. The molecule has 0 aliphatic rings. The molecule has 0 aliphatic carbocycles. The fraction of sp³-hybridized carbons (Fsp3) is 0.375. The number of rotatable bonds is 3. The van der Waals surface area contributed by atoms with Gasteiger partial charge in [-0.3, -0.25) is 0 Å². The molecule has 3 nitrogen and oxygen atoms in total. The molecule has 1 aromatic rings. The summed E-state index contributed by atoms with van der Waals surface area (Å²) in [5, 5.41) is 11.4. The van der Waals surface area contributed by atoms with Crippen LogP contribution in [-0.2, 0) is 0 Å². The van der Waals surface area contributed by atoms with Crippen molar-refractivity contribution < 1.29 is 9.50 Å². The van der Waals surface area contributed by atoms with E-state index in [-0.39, 0.29) is 18.5 Å². The zero-order chi connectivity index (χ0) is 8.97. The molecule has 0 aliphatic heterocycles. The molecule has 0 radical (unpaired) electrons. The SMILES string of the molecule is CC(CO)Nc1ncccc1F. The lowest BCUT2D eigenvalue weighted by molar-refractivity contribution is 0.281. The van der Waals surface area contributed by atoms with Crippen molar-refractivity contribution >= 4 is 5.82 Å². The van der Waals surface area contributed by atoms with Crippen molar-refractivity contribution in [2.75, 3.05) is 11.9 Å². The van der Waals surface area contributed by atoms with Crippen LogP contribution in [0.4, 0.5) is 10.2 Å². The van der Waals surface area contributed by atoms with Gasteiger partial charge >= 0.3 is 0 Å². The zero-order valence-electron chi connectivity index (χ0n) is 6.79. The van der Waals surface area contributed by atoms with Crippen LogP contribution in [0.2, 0.25) is 0 Å². The van der Waals surface area contributed by atoms with Crippen LogP contribution in [0.15, 0.2) is 18.3 Å². The van der Waals surface area contributed by atoms with Gasteiger partial charge in [-0.25, -0.2) is 9.37 Å². The summed E-state index contributed by atoms with van der Waals surface area (Å²) in [7, 11) is 0. The minimum Gasteiger partial charge on any atom is -0.394 e. The molecule has 2 N–H and O–H groups in total. The number of hydrogen-bond acceptors (Lipinski definition) is 3. The highest BCUT2D eigenvalue weighted by molar-refractivity contribution is 5.36. The fourth-order valence-electron chi connectivity index (χ4n) is 0.771. The molecule has 0 fully saturated rings. The Labute approximate surface area is 70.3 Å². The maximum absolute atomic E-state index is 12.9. The van der Waals surface area contributed by atoms with Gasteiger partial charge < -0.3 is 10.4 Å². The summed E-state index contributed by atoms with van der Waals surface area (Å²) in [4.78, 5) is 3.77. The summed E-state index contributed by atoms with van der Waals surface area (Å²) in [6.07, 6.45) is 1.50. The van der Waals surface area contributed by atoms with E-state index in [4.69, 9.17) is 5.11 Å². The van der Waals surface area contributed by atoms with Crippen molar-refractivity contribution in [3.05, 3.63) is 24.1 Å². The highest BCUT2D eigenvalue weighted by atomic mass is 19.1. The molecule has 0 saturated carbocycles. The molecule has 0 amide bonds. The van der Waals surface area contributed by atoms with E-state index in [1.165, 1.54) is 18.3 Å². The van der Waals surface area contributed by atoms with Crippen molar-refractivity contribution in [3.63, 3.8) is 0 Å². The molecule has 1 unspecified atom stereocenters. The van der Waals surface area contributed by atoms with Crippen LogP contribution < -0.4 is 5.32 Å². The third-order valence-corrected chi connectivity index (χ3v) is 1.42. The molecule has 0 saturated heterocycles. The van der Waals surface area contributed by atoms with E-state index in [1.807, 2.05) is 0 Å². The molecule has 66 valence electrons. The fourth-order valence-corrected chi connectivity index (χ4v) is 0.771. The summed E-state index contributed by atoms with van der Waals surface area (Å²) in [5.41, 5.74) is 0. The monoisotopic (exact) mass is 170 g/mol. The number of pyridine rings is 1. The van der Waals surface area contributed by atoms with Crippen LogP contribution in [0.3, 0.4) is 0 Å². The van der Waals surface area contributed by atoms with E-state index < -0.39 is 5.82 Å². The Balaban J connectivity index is 2.69. The number of aliphatic hydroxyl groups is 1. The maximum atomic E-state index is 12.9. The molecule has 12 heavy (non-hydrogen) atoms. The molecule has 0 aromatic carbocycles. The second kappa shape index (κ2) is 4.01.